The number of nitrogens with one attached hydrogen (secondary N) is 1. The summed E-state index contributed by atoms with van der Waals surface area (Å²) in [7, 11) is 0. The van der Waals surface area contributed by atoms with Crippen LogP contribution in [0.15, 0.2) is 36.9 Å². The van der Waals surface area contributed by atoms with Crippen molar-refractivity contribution < 1.29 is 13.9 Å². The molecule has 1 aromatic carbocycles. The van der Waals surface area contributed by atoms with Gasteiger partial charge in [-0.15, -0.1) is 0 Å². The zero-order valence-electron chi connectivity index (χ0n) is 18.4. The first-order chi connectivity index (χ1) is 16.2. The van der Waals surface area contributed by atoms with Crippen LogP contribution in [-0.2, 0) is 17.7 Å². The van der Waals surface area contributed by atoms with Crippen LogP contribution >= 0.6 is 0 Å². The Morgan fingerprint density at radius 3 is 3.00 bits per heavy atom. The maximum atomic E-state index is 14.6. The second kappa shape index (κ2) is 8.15. The number of benzene rings is 1. The molecule has 9 heteroatoms. The van der Waals surface area contributed by atoms with Gasteiger partial charge < -0.3 is 14.8 Å². The summed E-state index contributed by atoms with van der Waals surface area (Å²) in [6, 6.07) is 3.16. The molecule has 0 spiro atoms. The molecule has 33 heavy (non-hydrogen) atoms. The minimum absolute atomic E-state index is 0.0228. The van der Waals surface area contributed by atoms with Crippen LogP contribution in [0.25, 0.3) is 16.8 Å². The normalized spacial score (nSPS) is 17.8. The van der Waals surface area contributed by atoms with E-state index in [2.05, 4.69) is 15.4 Å². The largest absolute Gasteiger partial charge is 0.493 e. The summed E-state index contributed by atoms with van der Waals surface area (Å²) in [5, 5.41) is 7.83. The van der Waals surface area contributed by atoms with Crippen LogP contribution in [0, 0.1) is 12.7 Å². The molecule has 1 unspecified atom stereocenters. The van der Waals surface area contributed by atoms with Crippen molar-refractivity contribution in [3.8, 4) is 16.9 Å². The maximum Gasteiger partial charge on any atom is 0.208 e. The molecule has 3 aromatic heterocycles. The lowest BCUT2D eigenvalue weighted by Gasteiger charge is -2.22. The molecule has 5 heterocycles. The van der Waals surface area contributed by atoms with Gasteiger partial charge in [-0.05, 0) is 38.3 Å². The second-order valence-corrected chi connectivity index (χ2v) is 8.56. The summed E-state index contributed by atoms with van der Waals surface area (Å²) in [6.07, 6.45) is 11.4. The van der Waals surface area contributed by atoms with Crippen LogP contribution in [0.2, 0.25) is 0 Å². The Hall–Kier alpha value is -3.46. The summed E-state index contributed by atoms with van der Waals surface area (Å²) < 4.78 is 29.8. The van der Waals surface area contributed by atoms with Gasteiger partial charge in [-0.25, -0.2) is 19.0 Å². The van der Waals surface area contributed by atoms with Gasteiger partial charge in [0.05, 0.1) is 18.5 Å². The lowest BCUT2D eigenvalue weighted by atomic mass is 10.0. The highest BCUT2D eigenvalue weighted by Crippen LogP contribution is 2.32. The highest BCUT2D eigenvalue weighted by molar-refractivity contribution is 5.77. The summed E-state index contributed by atoms with van der Waals surface area (Å²) >= 11 is 0. The maximum absolute atomic E-state index is 14.6. The van der Waals surface area contributed by atoms with Gasteiger partial charge in [-0.3, -0.25) is 4.40 Å². The molecular formula is C24H25FN6O2. The minimum atomic E-state index is -0.237. The van der Waals surface area contributed by atoms with Crippen molar-refractivity contribution in [2.45, 2.75) is 45.4 Å². The van der Waals surface area contributed by atoms with E-state index in [0.29, 0.717) is 31.1 Å². The van der Waals surface area contributed by atoms with Crippen molar-refractivity contribution in [2.24, 2.45) is 0 Å². The van der Waals surface area contributed by atoms with E-state index in [1.165, 1.54) is 6.07 Å². The van der Waals surface area contributed by atoms with Gasteiger partial charge in [-0.1, -0.05) is 0 Å². The number of halogens is 1. The fourth-order valence-electron chi connectivity index (χ4n) is 4.67. The summed E-state index contributed by atoms with van der Waals surface area (Å²) in [6.45, 7) is 3.61. The second-order valence-electron chi connectivity index (χ2n) is 8.56. The molecule has 0 radical (unpaired) electrons. The molecule has 1 saturated heterocycles. The van der Waals surface area contributed by atoms with Crippen molar-refractivity contribution in [3.05, 3.63) is 59.6 Å². The quantitative estimate of drug-likeness (QED) is 0.491. The number of ether oxygens (including phenoxy) is 2. The predicted octanol–water partition coefficient (Wildman–Crippen LogP) is 4.29. The van der Waals surface area contributed by atoms with Crippen LogP contribution in [-0.4, -0.2) is 37.4 Å². The van der Waals surface area contributed by atoms with Gasteiger partial charge >= 0.3 is 0 Å². The van der Waals surface area contributed by atoms with Crippen molar-refractivity contribution in [1.82, 2.24) is 24.1 Å². The van der Waals surface area contributed by atoms with E-state index in [9.17, 15) is 4.39 Å². The summed E-state index contributed by atoms with van der Waals surface area (Å²) in [5.74, 6) is 1.13. The average Bonchev–Trinajstić information content (AvgIpc) is 3.58. The Kier molecular flexibility index (Phi) is 4.98. The molecule has 8 nitrogen and oxygen atoms in total. The van der Waals surface area contributed by atoms with Crippen molar-refractivity contribution in [1.29, 1.82) is 0 Å². The molecule has 1 fully saturated rings. The first kappa shape index (κ1) is 20.2. The van der Waals surface area contributed by atoms with E-state index >= 15 is 0 Å². The first-order valence-electron chi connectivity index (χ1n) is 11.3. The molecule has 0 saturated carbocycles. The van der Waals surface area contributed by atoms with Crippen LogP contribution in [0.5, 0.6) is 5.75 Å². The molecule has 2 aliphatic rings. The van der Waals surface area contributed by atoms with E-state index in [4.69, 9.17) is 14.5 Å². The molecule has 6 rings (SSSR count). The van der Waals surface area contributed by atoms with Gasteiger partial charge in [0.2, 0.25) is 5.95 Å². The van der Waals surface area contributed by atoms with E-state index in [1.807, 2.05) is 34.6 Å². The van der Waals surface area contributed by atoms with E-state index in [0.717, 1.165) is 59.7 Å². The van der Waals surface area contributed by atoms with Crippen LogP contribution < -0.4 is 10.1 Å². The Bertz CT molecular complexity index is 1320. The number of rotatable bonds is 5. The highest BCUT2D eigenvalue weighted by atomic mass is 19.1. The smallest absolute Gasteiger partial charge is 0.208 e. The lowest BCUT2D eigenvalue weighted by Crippen LogP contribution is -2.18. The Morgan fingerprint density at radius 1 is 1.18 bits per heavy atom. The third kappa shape index (κ3) is 3.62. The molecule has 1 N–H and O–H groups in total. The third-order valence-electron chi connectivity index (χ3n) is 6.34. The number of imidazole rings is 1. The topological polar surface area (TPSA) is 78.5 Å². The van der Waals surface area contributed by atoms with Gasteiger partial charge in [0, 0.05) is 60.4 Å². The molecule has 170 valence electrons. The average molecular weight is 449 g/mol. The molecule has 2 aliphatic heterocycles. The Morgan fingerprint density at radius 2 is 2.12 bits per heavy atom. The molecule has 1 atom stereocenters. The van der Waals surface area contributed by atoms with E-state index in [1.54, 1.807) is 12.3 Å². The van der Waals surface area contributed by atoms with E-state index in [-0.39, 0.29) is 12.0 Å². The van der Waals surface area contributed by atoms with Crippen LogP contribution in [0.1, 0.15) is 42.3 Å². The number of fused-ring (bicyclic) bond motifs is 2. The lowest BCUT2D eigenvalue weighted by molar-refractivity contribution is -0.0394. The van der Waals surface area contributed by atoms with E-state index < -0.39 is 0 Å². The number of hydrogen-bond donors (Lipinski definition) is 1. The third-order valence-corrected chi connectivity index (χ3v) is 6.34. The fraction of sp³-hybridized carbons (Fsp3) is 0.375. The molecule has 0 aliphatic carbocycles. The number of aryl methyl sites for hydroxylation is 1. The van der Waals surface area contributed by atoms with Crippen LogP contribution in [0.4, 0.5) is 10.3 Å². The van der Waals surface area contributed by atoms with Gasteiger partial charge in [-0.2, -0.15) is 5.10 Å². The zero-order chi connectivity index (χ0) is 22.4. The zero-order valence-corrected chi connectivity index (χ0v) is 18.4. The minimum Gasteiger partial charge on any atom is -0.493 e. The van der Waals surface area contributed by atoms with Gasteiger partial charge in [0.1, 0.15) is 23.4 Å². The van der Waals surface area contributed by atoms with Gasteiger partial charge in [0.15, 0.2) is 0 Å². The summed E-state index contributed by atoms with van der Waals surface area (Å²) in [5.41, 5.74) is 5.01. The van der Waals surface area contributed by atoms with Crippen LogP contribution in [0.3, 0.4) is 0 Å². The molecule has 4 aromatic rings. The predicted molar refractivity (Wildman–Crippen MR) is 121 cm³/mol. The Balaban J connectivity index is 1.31. The number of aromatic nitrogens is 5. The highest BCUT2D eigenvalue weighted by Gasteiger charge is 2.21. The molecule has 0 bridgehead atoms. The molecular weight excluding hydrogens is 423 g/mol. The van der Waals surface area contributed by atoms with Crippen molar-refractivity contribution in [2.75, 3.05) is 18.5 Å². The Labute approximate surface area is 190 Å². The number of hydrogen-bond acceptors (Lipinski definition) is 6. The van der Waals surface area contributed by atoms with Crippen molar-refractivity contribution in [3.63, 3.8) is 0 Å². The number of anilines is 1. The standard InChI is InChI=1S/C24H25FN6O2/c1-15-13-30-23(29-15)18(16-10-28-31(14-16)22-4-2-3-8-33-22)11-26-24(30)27-12-19-17-7-9-32-21(17)6-5-20(19)25/h5-6,10-11,13-14,22H,2-4,7-9,12H2,1H3,(H,26,27). The number of nitrogens with zero attached hydrogens (tertiary/aromatic N) is 5. The first-order valence-corrected chi connectivity index (χ1v) is 11.3. The SMILES string of the molecule is Cc1cn2c(NCc3c(F)ccc4c3CCO4)ncc(-c3cnn(C4CCCCO4)c3)c2n1. The van der Waals surface area contributed by atoms with Crippen molar-refractivity contribution >= 4 is 11.6 Å². The summed E-state index contributed by atoms with van der Waals surface area (Å²) in [4.78, 5) is 9.37. The molecule has 0 amide bonds. The fourth-order valence-corrected chi connectivity index (χ4v) is 4.67. The monoisotopic (exact) mass is 448 g/mol. The van der Waals surface area contributed by atoms with Gasteiger partial charge in [0.25, 0.3) is 0 Å².